The van der Waals surface area contributed by atoms with Crippen LogP contribution in [0.25, 0.3) is 0 Å². The molecule has 0 spiro atoms. The number of carbonyl (C=O) groups excluding carboxylic acids is 2. The van der Waals surface area contributed by atoms with Crippen LogP contribution in [0.2, 0.25) is 0 Å². The molecule has 1 saturated carbocycles. The van der Waals surface area contributed by atoms with Crippen LogP contribution in [0.3, 0.4) is 0 Å². The molecule has 16 heteroatoms. The van der Waals surface area contributed by atoms with Gasteiger partial charge in [0.15, 0.2) is 11.6 Å². The molecule has 240 valence electrons. The third kappa shape index (κ3) is 6.90. The number of benzene rings is 2. The minimum absolute atomic E-state index is 0.0391. The van der Waals surface area contributed by atoms with Crippen molar-refractivity contribution in [1.29, 1.82) is 0 Å². The second-order valence-electron chi connectivity index (χ2n) is 10.8. The molecule has 0 bridgehead atoms. The van der Waals surface area contributed by atoms with Crippen molar-refractivity contribution >= 4 is 33.3 Å². The highest BCUT2D eigenvalue weighted by molar-refractivity contribution is 7.92. The number of alkyl halides is 3. The van der Waals surface area contributed by atoms with E-state index in [1.165, 1.54) is 13.2 Å². The zero-order valence-electron chi connectivity index (χ0n) is 23.6. The number of halogens is 4. The smallest absolute Gasteiger partial charge is 0.496 e. The van der Waals surface area contributed by atoms with Crippen molar-refractivity contribution in [1.82, 2.24) is 5.32 Å². The standard InChI is InChI=1S/C28H30F4N2O9S/c1-27(26(37)38)9-6-16(7-10-27)43-22-13-19(21(41-2)14-20(22)29)24(36)34-25-18(8-11-42-25)23(35)33-15-4-3-5-17(12-15)44(39,40)28(30,31)32/h3-5,12-14,16,18,25H,6-11H2,1-2H3,(H,33,35)(H,34,36)(H,37,38)/t16?,18-,25-,27?/m1/s1. The molecular formula is C28H30F4N2O9S. The molecule has 2 aromatic carbocycles. The minimum atomic E-state index is -5.65. The number of methoxy groups -OCH3 is 1. The van der Waals surface area contributed by atoms with E-state index >= 15 is 0 Å². The van der Waals surface area contributed by atoms with E-state index in [4.69, 9.17) is 14.2 Å². The zero-order chi connectivity index (χ0) is 32.4. The molecule has 44 heavy (non-hydrogen) atoms. The lowest BCUT2D eigenvalue weighted by Crippen LogP contribution is -2.43. The fourth-order valence-electron chi connectivity index (χ4n) is 5.03. The maximum absolute atomic E-state index is 14.9. The van der Waals surface area contributed by atoms with E-state index in [-0.39, 0.29) is 35.8 Å². The van der Waals surface area contributed by atoms with Gasteiger partial charge in [-0.1, -0.05) is 6.07 Å². The lowest BCUT2D eigenvalue weighted by atomic mass is 9.75. The van der Waals surface area contributed by atoms with E-state index < -0.39 is 67.5 Å². The van der Waals surface area contributed by atoms with E-state index in [2.05, 4.69) is 10.6 Å². The highest BCUT2D eigenvalue weighted by Crippen LogP contribution is 2.39. The Morgan fingerprint density at radius 2 is 1.75 bits per heavy atom. The van der Waals surface area contributed by atoms with E-state index in [1.807, 2.05) is 0 Å². The first kappa shape index (κ1) is 33.0. The maximum Gasteiger partial charge on any atom is 0.501 e. The largest absolute Gasteiger partial charge is 0.501 e. The molecule has 2 aromatic rings. The lowest BCUT2D eigenvalue weighted by molar-refractivity contribution is -0.150. The van der Waals surface area contributed by atoms with Crippen molar-refractivity contribution in [2.24, 2.45) is 11.3 Å². The van der Waals surface area contributed by atoms with Crippen molar-refractivity contribution in [3.63, 3.8) is 0 Å². The lowest BCUT2D eigenvalue weighted by Gasteiger charge is -2.34. The van der Waals surface area contributed by atoms with Gasteiger partial charge < -0.3 is 30.0 Å². The molecule has 1 aliphatic heterocycles. The van der Waals surface area contributed by atoms with Crippen LogP contribution in [0.5, 0.6) is 11.5 Å². The van der Waals surface area contributed by atoms with E-state index in [0.717, 1.165) is 24.3 Å². The normalized spacial score (nSPS) is 23.9. The first-order valence-corrected chi connectivity index (χ1v) is 15.0. The summed E-state index contributed by atoms with van der Waals surface area (Å²) in [5, 5.41) is 14.3. The van der Waals surface area contributed by atoms with Gasteiger partial charge in [-0.3, -0.25) is 14.4 Å². The Hall–Kier alpha value is -3.92. The number of sulfone groups is 1. The van der Waals surface area contributed by atoms with Crippen LogP contribution in [0, 0.1) is 17.2 Å². The van der Waals surface area contributed by atoms with Crippen LogP contribution in [-0.2, 0) is 24.2 Å². The van der Waals surface area contributed by atoms with Gasteiger partial charge in [0.05, 0.1) is 41.6 Å². The van der Waals surface area contributed by atoms with Gasteiger partial charge >= 0.3 is 11.5 Å². The molecule has 2 aliphatic rings. The van der Waals surface area contributed by atoms with E-state index in [1.54, 1.807) is 6.92 Å². The number of nitrogens with one attached hydrogen (secondary N) is 2. The number of hydrogen-bond acceptors (Lipinski definition) is 8. The number of aliphatic carboxylic acids is 1. The van der Waals surface area contributed by atoms with E-state index in [9.17, 15) is 45.5 Å². The molecule has 3 N–H and O–H groups in total. The van der Waals surface area contributed by atoms with Crippen molar-refractivity contribution in [3.8, 4) is 11.5 Å². The molecule has 11 nitrogen and oxygen atoms in total. The second-order valence-corrected chi connectivity index (χ2v) is 12.7. The van der Waals surface area contributed by atoms with Crippen LogP contribution in [0.4, 0.5) is 23.2 Å². The Morgan fingerprint density at radius 3 is 2.36 bits per heavy atom. The first-order valence-electron chi connectivity index (χ1n) is 13.5. The summed E-state index contributed by atoms with van der Waals surface area (Å²) in [6, 6.07) is 5.74. The van der Waals surface area contributed by atoms with Gasteiger partial charge in [0, 0.05) is 11.8 Å². The summed E-state index contributed by atoms with van der Waals surface area (Å²) in [6.07, 6.45) is -0.219. The summed E-state index contributed by atoms with van der Waals surface area (Å²) < 4.78 is 93.7. The molecule has 0 aromatic heterocycles. The third-order valence-corrected chi connectivity index (χ3v) is 9.25. The van der Waals surface area contributed by atoms with Crippen molar-refractivity contribution in [3.05, 3.63) is 47.8 Å². The van der Waals surface area contributed by atoms with Gasteiger partial charge in [-0.05, 0) is 63.3 Å². The number of anilines is 1. The number of hydrogen-bond donors (Lipinski definition) is 3. The Bertz CT molecular complexity index is 1540. The molecule has 2 atom stereocenters. The summed E-state index contributed by atoms with van der Waals surface area (Å²) in [6.45, 7) is 1.67. The molecular weight excluding hydrogens is 616 g/mol. The fourth-order valence-corrected chi connectivity index (χ4v) is 5.84. The highest BCUT2D eigenvalue weighted by atomic mass is 32.2. The molecule has 2 fully saturated rings. The summed E-state index contributed by atoms with van der Waals surface area (Å²) >= 11 is 0. The van der Waals surface area contributed by atoms with Crippen LogP contribution >= 0.6 is 0 Å². The average Bonchev–Trinajstić information content (AvgIpc) is 3.42. The SMILES string of the molecule is COc1cc(F)c(OC2CCC(C)(C(=O)O)CC2)cc1C(=O)N[C@@H]1OCC[C@@H]1C(=O)Nc1cccc(S(=O)(=O)C(F)(F)F)c1. The molecule has 1 heterocycles. The number of rotatable bonds is 9. The number of carboxylic acid groups (broad SMARTS) is 1. The molecule has 0 radical (unpaired) electrons. The number of carboxylic acids is 1. The predicted octanol–water partition coefficient (Wildman–Crippen LogP) is 4.27. The van der Waals surface area contributed by atoms with Gasteiger partial charge in [0.25, 0.3) is 15.7 Å². The molecule has 1 saturated heterocycles. The predicted molar refractivity (Wildman–Crippen MR) is 145 cm³/mol. The number of carbonyl (C=O) groups is 3. The van der Waals surface area contributed by atoms with E-state index in [0.29, 0.717) is 31.7 Å². The molecule has 4 rings (SSSR count). The average molecular weight is 647 g/mol. The molecule has 1 aliphatic carbocycles. The first-order chi connectivity index (χ1) is 20.6. The van der Waals surface area contributed by atoms with Gasteiger partial charge in [0.1, 0.15) is 12.0 Å². The van der Waals surface area contributed by atoms with Crippen molar-refractivity contribution in [2.45, 2.75) is 61.8 Å². The zero-order valence-corrected chi connectivity index (χ0v) is 24.4. The maximum atomic E-state index is 14.9. The monoisotopic (exact) mass is 646 g/mol. The topological polar surface area (TPSA) is 157 Å². The summed E-state index contributed by atoms with van der Waals surface area (Å²) in [7, 11) is -4.43. The summed E-state index contributed by atoms with van der Waals surface area (Å²) in [4.78, 5) is 36.7. The third-order valence-electron chi connectivity index (χ3n) is 7.76. The number of ether oxygens (including phenoxy) is 3. The van der Waals surface area contributed by atoms with Crippen LogP contribution in [0.1, 0.15) is 49.4 Å². The Balaban J connectivity index is 1.46. The van der Waals surface area contributed by atoms with Gasteiger partial charge in [0.2, 0.25) is 5.91 Å². The fraction of sp³-hybridized carbons (Fsp3) is 0.464. The van der Waals surface area contributed by atoms with Gasteiger partial charge in [-0.2, -0.15) is 13.2 Å². The van der Waals surface area contributed by atoms with Gasteiger partial charge in [-0.25, -0.2) is 12.8 Å². The second kappa shape index (κ2) is 12.6. The Morgan fingerprint density at radius 1 is 1.07 bits per heavy atom. The summed E-state index contributed by atoms with van der Waals surface area (Å²) in [5.41, 5.74) is -6.80. The van der Waals surface area contributed by atoms with Crippen molar-refractivity contribution in [2.75, 3.05) is 19.0 Å². The van der Waals surface area contributed by atoms with Crippen LogP contribution < -0.4 is 20.1 Å². The van der Waals surface area contributed by atoms with Crippen LogP contribution in [0.15, 0.2) is 41.3 Å². The highest BCUT2D eigenvalue weighted by Gasteiger charge is 2.47. The summed E-state index contributed by atoms with van der Waals surface area (Å²) in [5.74, 6) is -4.71. The number of amides is 2. The quantitative estimate of drug-likeness (QED) is 0.339. The van der Waals surface area contributed by atoms with Crippen LogP contribution in [-0.4, -0.2) is 62.9 Å². The Labute approximate surface area is 249 Å². The van der Waals surface area contributed by atoms with Gasteiger partial charge in [-0.15, -0.1) is 0 Å². The van der Waals surface area contributed by atoms with Crippen molar-refractivity contribution < 1.29 is 59.7 Å². The minimum Gasteiger partial charge on any atom is -0.496 e. The Kier molecular flexibility index (Phi) is 9.44. The molecule has 2 amide bonds. The molecule has 0 unspecified atom stereocenters.